The molecule has 2 N–H and O–H groups in total. The second kappa shape index (κ2) is 8.80. The monoisotopic (exact) mass is 431 g/mol. The van der Waals surface area contributed by atoms with E-state index in [1.165, 1.54) is 34.4 Å². The lowest BCUT2D eigenvalue weighted by Crippen LogP contribution is -2.27. The quantitative estimate of drug-likeness (QED) is 0.431. The van der Waals surface area contributed by atoms with Crippen LogP contribution in [0.4, 0.5) is 10.3 Å². The molecule has 28 heavy (non-hydrogen) atoms. The van der Waals surface area contributed by atoms with Gasteiger partial charge in [-0.15, -0.1) is 21.5 Å². The second-order valence-corrected chi connectivity index (χ2v) is 9.29. The second-order valence-electron chi connectivity index (χ2n) is 6.23. The average Bonchev–Trinajstić information content (AvgIpc) is 3.29. The zero-order valence-electron chi connectivity index (χ0n) is 14.8. The number of hydrogen-bond acceptors (Lipinski definition) is 8. The fourth-order valence-electron chi connectivity index (χ4n) is 2.55. The largest absolute Gasteiger partial charge is 0.301 e. The van der Waals surface area contributed by atoms with Gasteiger partial charge in [-0.1, -0.05) is 59.9 Å². The summed E-state index contributed by atoms with van der Waals surface area (Å²) in [5, 5.41) is 16.5. The number of carbonyl (C=O) groups excluding carboxylic acids is 2. The Morgan fingerprint density at radius 3 is 2.68 bits per heavy atom. The van der Waals surface area contributed by atoms with Crippen LogP contribution in [0.3, 0.4) is 0 Å². The summed E-state index contributed by atoms with van der Waals surface area (Å²) in [6, 6.07) is 9.82. The number of aromatic nitrogens is 3. The molecule has 0 radical (unpaired) electrons. The van der Waals surface area contributed by atoms with Gasteiger partial charge in [-0.2, -0.15) is 0 Å². The molecule has 10 heteroatoms. The lowest BCUT2D eigenvalue weighted by atomic mass is 9.85. The Bertz CT molecular complexity index is 969. The third-order valence-electron chi connectivity index (χ3n) is 4.26. The Morgan fingerprint density at radius 2 is 1.93 bits per heavy atom. The molecule has 1 aromatic carbocycles. The number of thiazole rings is 1. The number of nitrogens with zero attached hydrogens (tertiary/aromatic N) is 3. The van der Waals surface area contributed by atoms with Crippen molar-refractivity contribution < 1.29 is 9.59 Å². The molecule has 1 fully saturated rings. The normalized spacial score (nSPS) is 13.7. The van der Waals surface area contributed by atoms with Gasteiger partial charge in [-0.25, -0.2) is 4.98 Å². The van der Waals surface area contributed by atoms with Crippen LogP contribution in [0.25, 0.3) is 11.3 Å². The lowest BCUT2D eigenvalue weighted by molar-refractivity contribution is -0.122. The van der Waals surface area contributed by atoms with Crippen molar-refractivity contribution in [3.63, 3.8) is 0 Å². The van der Waals surface area contributed by atoms with Crippen molar-refractivity contribution in [1.82, 2.24) is 15.2 Å². The smallest absolute Gasteiger partial charge is 0.236 e. The molecule has 0 bridgehead atoms. The Labute approximate surface area is 174 Å². The first-order valence-corrected chi connectivity index (χ1v) is 11.4. The van der Waals surface area contributed by atoms with Crippen LogP contribution in [-0.2, 0) is 9.59 Å². The number of carbonyl (C=O) groups is 2. The van der Waals surface area contributed by atoms with E-state index in [-0.39, 0.29) is 23.5 Å². The van der Waals surface area contributed by atoms with Gasteiger partial charge in [-0.05, 0) is 12.8 Å². The summed E-state index contributed by atoms with van der Waals surface area (Å²) >= 11 is 3.95. The molecule has 3 aromatic rings. The van der Waals surface area contributed by atoms with Crippen LogP contribution < -0.4 is 10.6 Å². The van der Waals surface area contributed by atoms with Crippen LogP contribution in [0, 0.1) is 5.92 Å². The Balaban J connectivity index is 1.26. The van der Waals surface area contributed by atoms with Gasteiger partial charge in [0.05, 0.1) is 11.4 Å². The number of amides is 2. The molecule has 1 aliphatic rings. The molecule has 1 saturated carbocycles. The maximum absolute atomic E-state index is 12.2. The molecule has 7 nitrogen and oxygen atoms in total. The standard InChI is InChI=1S/C18H17N5O2S3/c24-14(20-16-19-13(9-26-16)11-5-2-1-3-6-11)10-27-18-23-22-17(28-18)21-15(25)12-7-4-8-12/h1-3,5-6,9,12H,4,7-8,10H2,(H,19,20,24)(H,21,22,25). The topological polar surface area (TPSA) is 96.9 Å². The van der Waals surface area contributed by atoms with Gasteiger partial charge in [0.25, 0.3) is 0 Å². The Hall–Kier alpha value is -2.30. The maximum Gasteiger partial charge on any atom is 0.236 e. The van der Waals surface area contributed by atoms with Crippen LogP contribution in [0.1, 0.15) is 19.3 Å². The number of thioether (sulfide) groups is 1. The van der Waals surface area contributed by atoms with Crippen molar-refractivity contribution >= 4 is 56.5 Å². The van der Waals surface area contributed by atoms with E-state index in [1.54, 1.807) is 0 Å². The summed E-state index contributed by atoms with van der Waals surface area (Å²) in [7, 11) is 0. The number of hydrogen-bond donors (Lipinski definition) is 2. The van der Waals surface area contributed by atoms with Crippen LogP contribution in [-0.4, -0.2) is 32.7 Å². The first kappa shape index (κ1) is 19.0. The van der Waals surface area contributed by atoms with Gasteiger partial charge in [0, 0.05) is 16.9 Å². The highest BCUT2D eigenvalue weighted by molar-refractivity contribution is 8.01. The first-order valence-electron chi connectivity index (χ1n) is 8.75. The molecule has 2 amide bonds. The fraction of sp³-hybridized carbons (Fsp3) is 0.278. The van der Waals surface area contributed by atoms with E-state index in [2.05, 4.69) is 25.8 Å². The summed E-state index contributed by atoms with van der Waals surface area (Å²) in [6.07, 6.45) is 2.99. The number of rotatable bonds is 7. The summed E-state index contributed by atoms with van der Waals surface area (Å²) in [5.74, 6) is 0.152. The molecule has 4 rings (SSSR count). The summed E-state index contributed by atoms with van der Waals surface area (Å²) in [5.41, 5.74) is 1.85. The summed E-state index contributed by atoms with van der Waals surface area (Å²) in [4.78, 5) is 28.5. The molecule has 0 saturated heterocycles. The highest BCUT2D eigenvalue weighted by Crippen LogP contribution is 2.30. The van der Waals surface area contributed by atoms with Gasteiger partial charge >= 0.3 is 0 Å². The van der Waals surface area contributed by atoms with Crippen molar-refractivity contribution in [3.8, 4) is 11.3 Å². The highest BCUT2D eigenvalue weighted by atomic mass is 32.2. The maximum atomic E-state index is 12.2. The van der Waals surface area contributed by atoms with Crippen molar-refractivity contribution in [3.05, 3.63) is 35.7 Å². The molecule has 1 aliphatic carbocycles. The van der Waals surface area contributed by atoms with Gasteiger partial charge in [0.1, 0.15) is 0 Å². The van der Waals surface area contributed by atoms with E-state index >= 15 is 0 Å². The predicted octanol–water partition coefficient (Wildman–Crippen LogP) is 4.13. The fourth-order valence-corrected chi connectivity index (χ4v) is 4.84. The Kier molecular flexibility index (Phi) is 5.98. The third kappa shape index (κ3) is 4.75. The van der Waals surface area contributed by atoms with Gasteiger partial charge < -0.3 is 10.6 Å². The van der Waals surface area contributed by atoms with E-state index in [4.69, 9.17) is 0 Å². The minimum absolute atomic E-state index is 0.00897. The molecular weight excluding hydrogens is 414 g/mol. The molecule has 2 aromatic heterocycles. The summed E-state index contributed by atoms with van der Waals surface area (Å²) in [6.45, 7) is 0. The van der Waals surface area contributed by atoms with Gasteiger partial charge in [-0.3, -0.25) is 9.59 Å². The van der Waals surface area contributed by atoms with Gasteiger partial charge in [0.15, 0.2) is 9.47 Å². The zero-order valence-corrected chi connectivity index (χ0v) is 17.2. The first-order chi connectivity index (χ1) is 13.7. The lowest BCUT2D eigenvalue weighted by Gasteiger charge is -2.23. The third-order valence-corrected chi connectivity index (χ3v) is 6.99. The molecule has 0 atom stereocenters. The van der Waals surface area contributed by atoms with Crippen LogP contribution in [0.15, 0.2) is 40.1 Å². The van der Waals surface area contributed by atoms with Crippen molar-refractivity contribution in [2.75, 3.05) is 16.4 Å². The molecule has 144 valence electrons. The molecular formula is C18H17N5O2S3. The van der Waals surface area contributed by atoms with Crippen molar-refractivity contribution in [2.24, 2.45) is 5.92 Å². The van der Waals surface area contributed by atoms with E-state index in [0.29, 0.717) is 14.6 Å². The van der Waals surface area contributed by atoms with Crippen molar-refractivity contribution in [1.29, 1.82) is 0 Å². The Morgan fingerprint density at radius 1 is 1.11 bits per heavy atom. The van der Waals surface area contributed by atoms with Gasteiger partial charge in [0.2, 0.25) is 16.9 Å². The van der Waals surface area contributed by atoms with Crippen LogP contribution >= 0.6 is 34.4 Å². The number of benzene rings is 1. The molecule has 2 heterocycles. The molecule has 0 unspecified atom stereocenters. The van der Waals surface area contributed by atoms with E-state index < -0.39 is 0 Å². The highest BCUT2D eigenvalue weighted by Gasteiger charge is 2.26. The minimum atomic E-state index is -0.158. The average molecular weight is 432 g/mol. The minimum Gasteiger partial charge on any atom is -0.301 e. The summed E-state index contributed by atoms with van der Waals surface area (Å²) < 4.78 is 0.642. The number of nitrogens with one attached hydrogen (secondary N) is 2. The van der Waals surface area contributed by atoms with E-state index in [0.717, 1.165) is 30.5 Å². The molecule has 0 aliphatic heterocycles. The predicted molar refractivity (Wildman–Crippen MR) is 113 cm³/mol. The number of anilines is 2. The van der Waals surface area contributed by atoms with E-state index in [9.17, 15) is 9.59 Å². The molecule has 0 spiro atoms. The zero-order chi connectivity index (χ0) is 19.3. The van der Waals surface area contributed by atoms with Crippen molar-refractivity contribution in [2.45, 2.75) is 23.6 Å². The SMILES string of the molecule is O=C(CSc1nnc(NC(=O)C2CCC2)s1)Nc1nc(-c2ccccc2)cs1. The van der Waals surface area contributed by atoms with Crippen LogP contribution in [0.5, 0.6) is 0 Å². The van der Waals surface area contributed by atoms with E-state index in [1.807, 2.05) is 35.7 Å². The van der Waals surface area contributed by atoms with Crippen LogP contribution in [0.2, 0.25) is 0 Å².